The molecule has 0 saturated heterocycles. The molecule has 0 aliphatic carbocycles. The highest BCUT2D eigenvalue weighted by Crippen LogP contribution is 2.25. The first-order valence-electron chi connectivity index (χ1n) is 6.02. The van der Waals surface area contributed by atoms with Crippen molar-refractivity contribution in [3.05, 3.63) is 58.1 Å². The van der Waals surface area contributed by atoms with Gasteiger partial charge in [-0.15, -0.1) is 0 Å². The van der Waals surface area contributed by atoms with Crippen molar-refractivity contribution in [2.45, 2.75) is 6.92 Å². The third-order valence-corrected chi connectivity index (χ3v) is 3.16. The maximum Gasteiger partial charge on any atom is 0.335 e. The number of nitrogens with one attached hydrogen (secondary N) is 1. The Kier molecular flexibility index (Phi) is 4.14. The first-order chi connectivity index (χ1) is 9.88. The monoisotopic (exact) mass is 305 g/mol. The number of aromatic hydroxyl groups is 1. The van der Waals surface area contributed by atoms with E-state index in [2.05, 4.69) is 5.32 Å². The van der Waals surface area contributed by atoms with E-state index in [1.807, 2.05) is 0 Å². The van der Waals surface area contributed by atoms with Crippen molar-refractivity contribution in [3.63, 3.8) is 0 Å². The summed E-state index contributed by atoms with van der Waals surface area (Å²) in [7, 11) is 0. The average molecular weight is 306 g/mol. The van der Waals surface area contributed by atoms with E-state index in [1.165, 1.54) is 12.1 Å². The number of aryl methyl sites for hydroxylation is 1. The summed E-state index contributed by atoms with van der Waals surface area (Å²) in [6.45, 7) is 1.74. The molecule has 3 N–H and O–H groups in total. The summed E-state index contributed by atoms with van der Waals surface area (Å²) < 4.78 is 0. The summed E-state index contributed by atoms with van der Waals surface area (Å²) in [5.41, 5.74) is 1.19. The first kappa shape index (κ1) is 14.9. The van der Waals surface area contributed by atoms with E-state index in [4.69, 9.17) is 16.7 Å². The van der Waals surface area contributed by atoms with Gasteiger partial charge in [0.15, 0.2) is 0 Å². The van der Waals surface area contributed by atoms with Crippen LogP contribution in [0.4, 0.5) is 5.69 Å². The third-order valence-electron chi connectivity index (χ3n) is 2.93. The minimum atomic E-state index is -1.16. The van der Waals surface area contributed by atoms with Crippen LogP contribution in [0.15, 0.2) is 36.4 Å². The van der Waals surface area contributed by atoms with Crippen LogP contribution >= 0.6 is 11.6 Å². The SMILES string of the molecule is Cc1cc(Cl)ccc1C(=O)Nc1ccc(C(=O)O)cc1O. The Hall–Kier alpha value is -2.53. The second-order valence-corrected chi connectivity index (χ2v) is 4.89. The van der Waals surface area contributed by atoms with Gasteiger partial charge in [0, 0.05) is 10.6 Å². The van der Waals surface area contributed by atoms with Crippen LogP contribution in [0.1, 0.15) is 26.3 Å². The number of rotatable bonds is 3. The molecule has 5 nitrogen and oxygen atoms in total. The molecule has 0 radical (unpaired) electrons. The molecule has 6 heteroatoms. The molecule has 0 aliphatic heterocycles. The molecule has 0 atom stereocenters. The maximum atomic E-state index is 12.1. The van der Waals surface area contributed by atoms with E-state index in [9.17, 15) is 14.7 Å². The second kappa shape index (κ2) is 5.85. The van der Waals surface area contributed by atoms with Crippen LogP contribution in [-0.4, -0.2) is 22.1 Å². The minimum Gasteiger partial charge on any atom is -0.506 e. The number of amides is 1. The van der Waals surface area contributed by atoms with Crippen molar-refractivity contribution in [1.82, 2.24) is 0 Å². The molecule has 0 heterocycles. The van der Waals surface area contributed by atoms with Gasteiger partial charge in [-0.05, 0) is 48.9 Å². The van der Waals surface area contributed by atoms with E-state index in [-0.39, 0.29) is 17.0 Å². The molecular weight excluding hydrogens is 294 g/mol. The summed E-state index contributed by atoms with van der Waals surface area (Å²) in [5, 5.41) is 21.6. The van der Waals surface area contributed by atoms with E-state index in [0.29, 0.717) is 16.1 Å². The number of halogens is 1. The van der Waals surface area contributed by atoms with Crippen LogP contribution in [0.2, 0.25) is 5.02 Å². The zero-order chi connectivity index (χ0) is 15.6. The van der Waals surface area contributed by atoms with Gasteiger partial charge in [-0.25, -0.2) is 4.79 Å². The fourth-order valence-electron chi connectivity index (χ4n) is 1.84. The van der Waals surface area contributed by atoms with Gasteiger partial charge >= 0.3 is 5.97 Å². The maximum absolute atomic E-state index is 12.1. The highest BCUT2D eigenvalue weighted by atomic mass is 35.5. The van der Waals surface area contributed by atoms with Crippen LogP contribution in [0, 0.1) is 6.92 Å². The molecule has 0 spiro atoms. The normalized spacial score (nSPS) is 10.2. The summed E-state index contributed by atoms with van der Waals surface area (Å²) in [4.78, 5) is 22.9. The van der Waals surface area contributed by atoms with Crippen LogP contribution < -0.4 is 5.32 Å². The van der Waals surface area contributed by atoms with Gasteiger partial charge in [-0.2, -0.15) is 0 Å². The summed E-state index contributed by atoms with van der Waals surface area (Å²) in [6, 6.07) is 8.54. The van der Waals surface area contributed by atoms with Crippen LogP contribution in [0.3, 0.4) is 0 Å². The summed E-state index contributed by atoms with van der Waals surface area (Å²) in [6.07, 6.45) is 0. The standard InChI is InChI=1S/C15H12ClNO4/c1-8-6-10(16)3-4-11(8)14(19)17-12-5-2-9(15(20)21)7-13(12)18/h2-7,18H,1H3,(H,17,19)(H,20,21). The molecule has 0 unspecified atom stereocenters. The van der Waals surface area contributed by atoms with Crippen LogP contribution in [0.25, 0.3) is 0 Å². The van der Waals surface area contributed by atoms with Gasteiger partial charge in [-0.3, -0.25) is 4.79 Å². The molecule has 2 rings (SSSR count). The van der Waals surface area contributed by atoms with E-state index < -0.39 is 11.9 Å². The Balaban J connectivity index is 2.25. The highest BCUT2D eigenvalue weighted by Gasteiger charge is 2.13. The molecule has 2 aromatic carbocycles. The number of hydrogen-bond donors (Lipinski definition) is 3. The smallest absolute Gasteiger partial charge is 0.335 e. The number of phenolic OH excluding ortho intramolecular Hbond substituents is 1. The largest absolute Gasteiger partial charge is 0.506 e. The fourth-order valence-corrected chi connectivity index (χ4v) is 2.07. The Morgan fingerprint density at radius 3 is 2.43 bits per heavy atom. The zero-order valence-electron chi connectivity index (χ0n) is 11.1. The lowest BCUT2D eigenvalue weighted by molar-refractivity contribution is 0.0696. The van der Waals surface area contributed by atoms with E-state index >= 15 is 0 Å². The number of carbonyl (C=O) groups is 2. The lowest BCUT2D eigenvalue weighted by Crippen LogP contribution is -2.13. The van der Waals surface area contributed by atoms with E-state index in [0.717, 1.165) is 6.07 Å². The minimum absolute atomic E-state index is 0.0619. The molecule has 0 bridgehead atoms. The summed E-state index contributed by atoms with van der Waals surface area (Å²) in [5.74, 6) is -1.88. The molecule has 1 amide bonds. The van der Waals surface area contributed by atoms with E-state index in [1.54, 1.807) is 25.1 Å². The van der Waals surface area contributed by atoms with Gasteiger partial charge in [0.05, 0.1) is 11.3 Å². The van der Waals surface area contributed by atoms with Crippen molar-refractivity contribution in [2.24, 2.45) is 0 Å². The Bertz CT molecular complexity index is 728. The predicted molar refractivity (Wildman–Crippen MR) is 79.2 cm³/mol. The number of carbonyl (C=O) groups excluding carboxylic acids is 1. The van der Waals surface area contributed by atoms with Crippen molar-refractivity contribution >= 4 is 29.2 Å². The number of carboxylic acids is 1. The van der Waals surface area contributed by atoms with Gasteiger partial charge in [0.25, 0.3) is 5.91 Å². The predicted octanol–water partition coefficient (Wildman–Crippen LogP) is 3.30. The third kappa shape index (κ3) is 3.32. The average Bonchev–Trinajstić information content (AvgIpc) is 2.40. The molecule has 0 aromatic heterocycles. The molecule has 0 saturated carbocycles. The number of phenols is 1. The Labute approximate surface area is 125 Å². The molecule has 2 aromatic rings. The second-order valence-electron chi connectivity index (χ2n) is 4.45. The van der Waals surface area contributed by atoms with Crippen molar-refractivity contribution in [1.29, 1.82) is 0 Å². The van der Waals surface area contributed by atoms with Gasteiger partial charge in [0.1, 0.15) is 5.75 Å². The first-order valence-corrected chi connectivity index (χ1v) is 6.40. The Morgan fingerprint density at radius 2 is 1.86 bits per heavy atom. The molecule has 0 fully saturated rings. The highest BCUT2D eigenvalue weighted by molar-refractivity contribution is 6.30. The molecule has 21 heavy (non-hydrogen) atoms. The van der Waals surface area contributed by atoms with Crippen molar-refractivity contribution in [3.8, 4) is 5.75 Å². The number of anilines is 1. The molecule has 0 aliphatic rings. The van der Waals surface area contributed by atoms with Gasteiger partial charge in [-0.1, -0.05) is 11.6 Å². The number of carboxylic acid groups (broad SMARTS) is 1. The zero-order valence-corrected chi connectivity index (χ0v) is 11.8. The molecule has 108 valence electrons. The van der Waals surface area contributed by atoms with Crippen LogP contribution in [-0.2, 0) is 0 Å². The quantitative estimate of drug-likeness (QED) is 0.759. The van der Waals surface area contributed by atoms with Gasteiger partial charge in [0.2, 0.25) is 0 Å². The fraction of sp³-hybridized carbons (Fsp3) is 0.0667. The number of hydrogen-bond acceptors (Lipinski definition) is 3. The topological polar surface area (TPSA) is 86.6 Å². The number of benzene rings is 2. The lowest BCUT2D eigenvalue weighted by atomic mass is 10.1. The van der Waals surface area contributed by atoms with Gasteiger partial charge < -0.3 is 15.5 Å². The van der Waals surface area contributed by atoms with Crippen molar-refractivity contribution in [2.75, 3.05) is 5.32 Å². The number of aromatic carboxylic acids is 1. The van der Waals surface area contributed by atoms with Crippen LogP contribution in [0.5, 0.6) is 5.75 Å². The summed E-state index contributed by atoms with van der Waals surface area (Å²) >= 11 is 5.83. The lowest BCUT2D eigenvalue weighted by Gasteiger charge is -2.10. The molecular formula is C15H12ClNO4. The Morgan fingerprint density at radius 1 is 1.14 bits per heavy atom. The van der Waals surface area contributed by atoms with Crippen molar-refractivity contribution < 1.29 is 19.8 Å².